The van der Waals surface area contributed by atoms with Gasteiger partial charge >= 0.3 is 0 Å². The van der Waals surface area contributed by atoms with Crippen molar-refractivity contribution in [3.8, 4) is 0 Å². The molecular formula is C13H13N3O. The summed E-state index contributed by atoms with van der Waals surface area (Å²) in [5.74, 6) is 1.02. The molecule has 1 aromatic rings. The van der Waals surface area contributed by atoms with Crippen LogP contribution in [0.15, 0.2) is 41.8 Å². The van der Waals surface area contributed by atoms with Crippen LogP contribution >= 0.6 is 0 Å². The second kappa shape index (κ2) is 4.13. The summed E-state index contributed by atoms with van der Waals surface area (Å²) in [5.41, 5.74) is 4.31. The van der Waals surface area contributed by atoms with Crippen molar-refractivity contribution in [1.29, 1.82) is 0 Å². The molecule has 86 valence electrons. The SMILES string of the molecule is O=C(N/N=C1\C[C@H]2C=CC[C@H]12)c1ccncc1. The molecule has 1 heterocycles. The first kappa shape index (κ1) is 10.2. The molecule has 1 aromatic heterocycles. The molecule has 0 bridgehead atoms. The highest BCUT2D eigenvalue weighted by atomic mass is 16.2. The lowest BCUT2D eigenvalue weighted by molar-refractivity contribution is 0.0954. The Morgan fingerprint density at radius 1 is 1.41 bits per heavy atom. The van der Waals surface area contributed by atoms with Crippen LogP contribution in [0.4, 0.5) is 0 Å². The van der Waals surface area contributed by atoms with Crippen LogP contribution in [0.1, 0.15) is 23.2 Å². The zero-order valence-corrected chi connectivity index (χ0v) is 9.34. The molecule has 1 amide bonds. The molecule has 0 saturated heterocycles. The lowest BCUT2D eigenvalue weighted by atomic mass is 9.74. The highest BCUT2D eigenvalue weighted by molar-refractivity contribution is 5.97. The third-order valence-corrected chi connectivity index (χ3v) is 3.41. The fourth-order valence-electron chi connectivity index (χ4n) is 2.35. The van der Waals surface area contributed by atoms with Gasteiger partial charge in [0.1, 0.15) is 0 Å². The van der Waals surface area contributed by atoms with E-state index in [1.165, 1.54) is 0 Å². The van der Waals surface area contributed by atoms with Gasteiger partial charge in [0, 0.05) is 29.6 Å². The largest absolute Gasteiger partial charge is 0.271 e. The number of carbonyl (C=O) groups excluding carboxylic acids is 1. The van der Waals surface area contributed by atoms with E-state index < -0.39 is 0 Å². The van der Waals surface area contributed by atoms with Crippen molar-refractivity contribution in [2.75, 3.05) is 0 Å². The maximum atomic E-state index is 11.7. The number of rotatable bonds is 2. The molecule has 3 rings (SSSR count). The van der Waals surface area contributed by atoms with Crippen molar-refractivity contribution >= 4 is 11.6 Å². The van der Waals surface area contributed by atoms with Gasteiger partial charge in [-0.3, -0.25) is 9.78 Å². The van der Waals surface area contributed by atoms with Crippen LogP contribution in [0.3, 0.4) is 0 Å². The maximum Gasteiger partial charge on any atom is 0.271 e. The molecule has 1 saturated carbocycles. The van der Waals surface area contributed by atoms with Gasteiger partial charge in [-0.05, 0) is 30.9 Å². The molecule has 0 aliphatic heterocycles. The van der Waals surface area contributed by atoms with Gasteiger partial charge in [0.2, 0.25) is 0 Å². The van der Waals surface area contributed by atoms with E-state index >= 15 is 0 Å². The van der Waals surface area contributed by atoms with Crippen LogP contribution in [-0.4, -0.2) is 16.6 Å². The van der Waals surface area contributed by atoms with E-state index in [2.05, 4.69) is 27.7 Å². The predicted octanol–water partition coefficient (Wildman–Crippen LogP) is 1.76. The number of fused-ring (bicyclic) bond motifs is 1. The zero-order valence-electron chi connectivity index (χ0n) is 9.34. The third kappa shape index (κ3) is 1.86. The molecule has 0 unspecified atom stereocenters. The Kier molecular flexibility index (Phi) is 2.48. The highest BCUT2D eigenvalue weighted by Crippen LogP contribution is 2.39. The quantitative estimate of drug-likeness (QED) is 0.618. The maximum absolute atomic E-state index is 11.7. The molecule has 0 spiro atoms. The zero-order chi connectivity index (χ0) is 11.7. The minimum absolute atomic E-state index is 0.172. The smallest absolute Gasteiger partial charge is 0.267 e. The first-order valence-electron chi connectivity index (χ1n) is 5.78. The number of hydrazone groups is 1. The Hall–Kier alpha value is -1.97. The fraction of sp³-hybridized carbons (Fsp3) is 0.308. The molecule has 1 fully saturated rings. The first-order valence-corrected chi connectivity index (χ1v) is 5.78. The Morgan fingerprint density at radius 2 is 2.24 bits per heavy atom. The Morgan fingerprint density at radius 3 is 3.00 bits per heavy atom. The van der Waals surface area contributed by atoms with Gasteiger partial charge in [-0.25, -0.2) is 5.43 Å². The highest BCUT2D eigenvalue weighted by Gasteiger charge is 2.37. The van der Waals surface area contributed by atoms with Crippen LogP contribution in [0.25, 0.3) is 0 Å². The van der Waals surface area contributed by atoms with Crippen molar-refractivity contribution < 1.29 is 4.79 Å². The van der Waals surface area contributed by atoms with Crippen LogP contribution < -0.4 is 5.43 Å². The van der Waals surface area contributed by atoms with E-state index in [-0.39, 0.29) is 5.91 Å². The molecule has 1 N–H and O–H groups in total. The van der Waals surface area contributed by atoms with Gasteiger partial charge in [-0.15, -0.1) is 0 Å². The number of nitrogens with zero attached hydrogens (tertiary/aromatic N) is 2. The van der Waals surface area contributed by atoms with Crippen molar-refractivity contribution in [2.45, 2.75) is 12.8 Å². The number of amides is 1. The molecule has 0 aromatic carbocycles. The van der Waals surface area contributed by atoms with E-state index in [0.717, 1.165) is 18.6 Å². The number of allylic oxidation sites excluding steroid dienone is 2. The molecule has 17 heavy (non-hydrogen) atoms. The molecule has 4 heteroatoms. The normalized spacial score (nSPS) is 27.6. The average molecular weight is 227 g/mol. The van der Waals surface area contributed by atoms with E-state index in [9.17, 15) is 4.79 Å². The van der Waals surface area contributed by atoms with Crippen molar-refractivity contribution in [3.63, 3.8) is 0 Å². The van der Waals surface area contributed by atoms with Crippen molar-refractivity contribution in [3.05, 3.63) is 42.2 Å². The van der Waals surface area contributed by atoms with E-state index in [0.29, 0.717) is 17.4 Å². The Balaban J connectivity index is 1.62. The van der Waals surface area contributed by atoms with Gasteiger partial charge in [0.05, 0.1) is 0 Å². The minimum atomic E-state index is -0.172. The van der Waals surface area contributed by atoms with E-state index in [4.69, 9.17) is 0 Å². The number of pyridine rings is 1. The summed E-state index contributed by atoms with van der Waals surface area (Å²) in [7, 11) is 0. The molecule has 2 atom stereocenters. The van der Waals surface area contributed by atoms with Gasteiger partial charge in [-0.2, -0.15) is 5.10 Å². The molecule has 2 aliphatic carbocycles. The topological polar surface area (TPSA) is 54.4 Å². The summed E-state index contributed by atoms with van der Waals surface area (Å²) >= 11 is 0. The van der Waals surface area contributed by atoms with Crippen LogP contribution in [0, 0.1) is 11.8 Å². The Labute approximate surface area is 99.4 Å². The van der Waals surface area contributed by atoms with Crippen LogP contribution in [-0.2, 0) is 0 Å². The van der Waals surface area contributed by atoms with Gasteiger partial charge in [-0.1, -0.05) is 12.2 Å². The summed E-state index contributed by atoms with van der Waals surface area (Å²) in [6.07, 6.45) is 9.69. The van der Waals surface area contributed by atoms with E-state index in [1.54, 1.807) is 24.5 Å². The number of hydrogen-bond acceptors (Lipinski definition) is 3. The van der Waals surface area contributed by atoms with Crippen LogP contribution in [0.5, 0.6) is 0 Å². The lowest BCUT2D eigenvalue weighted by Crippen LogP contribution is -2.35. The lowest BCUT2D eigenvalue weighted by Gasteiger charge is -2.31. The average Bonchev–Trinajstić information content (AvgIpc) is 2.72. The first-order chi connectivity index (χ1) is 8.34. The number of carbonyl (C=O) groups is 1. The fourth-order valence-corrected chi connectivity index (χ4v) is 2.35. The predicted molar refractivity (Wildman–Crippen MR) is 64.5 cm³/mol. The van der Waals surface area contributed by atoms with Crippen molar-refractivity contribution in [2.24, 2.45) is 16.9 Å². The van der Waals surface area contributed by atoms with E-state index in [1.807, 2.05) is 0 Å². The second-order valence-corrected chi connectivity index (χ2v) is 4.42. The van der Waals surface area contributed by atoms with Crippen LogP contribution in [0.2, 0.25) is 0 Å². The summed E-state index contributed by atoms with van der Waals surface area (Å²) in [5, 5.41) is 4.21. The van der Waals surface area contributed by atoms with Gasteiger partial charge < -0.3 is 0 Å². The molecule has 0 radical (unpaired) electrons. The number of nitrogens with one attached hydrogen (secondary N) is 1. The standard InChI is InChI=1S/C13H13N3O/c17-13(9-4-6-14-7-5-9)16-15-12-8-10-2-1-3-11(10)12/h1-2,4-7,10-11H,3,8H2,(H,16,17)/b15-12+/t10-,11+/m1/s1. The van der Waals surface area contributed by atoms with Gasteiger partial charge in [0.25, 0.3) is 5.91 Å². The summed E-state index contributed by atoms with van der Waals surface area (Å²) in [4.78, 5) is 15.6. The van der Waals surface area contributed by atoms with Gasteiger partial charge in [0.15, 0.2) is 0 Å². The minimum Gasteiger partial charge on any atom is -0.267 e. The molecular weight excluding hydrogens is 214 g/mol. The number of aromatic nitrogens is 1. The summed E-state index contributed by atoms with van der Waals surface area (Å²) in [6.45, 7) is 0. The summed E-state index contributed by atoms with van der Waals surface area (Å²) in [6, 6.07) is 3.35. The monoisotopic (exact) mass is 227 g/mol. The third-order valence-electron chi connectivity index (χ3n) is 3.41. The number of hydrogen-bond donors (Lipinski definition) is 1. The summed E-state index contributed by atoms with van der Waals surface area (Å²) < 4.78 is 0. The van der Waals surface area contributed by atoms with Crippen molar-refractivity contribution in [1.82, 2.24) is 10.4 Å². The second-order valence-electron chi connectivity index (χ2n) is 4.42. The molecule has 2 aliphatic rings. The molecule has 4 nitrogen and oxygen atoms in total. The Bertz CT molecular complexity index is 493.